The van der Waals surface area contributed by atoms with Crippen LogP contribution in [0.25, 0.3) is 0 Å². The summed E-state index contributed by atoms with van der Waals surface area (Å²) in [6.45, 7) is 4.30. The molecule has 0 aliphatic carbocycles. The summed E-state index contributed by atoms with van der Waals surface area (Å²) < 4.78 is 0. The van der Waals surface area contributed by atoms with Gasteiger partial charge < -0.3 is 5.32 Å². The molecule has 1 N–H and O–H groups in total. The van der Waals surface area contributed by atoms with Gasteiger partial charge in [0.1, 0.15) is 5.82 Å². The average molecular weight is 257 g/mol. The van der Waals surface area contributed by atoms with Gasteiger partial charge in [0, 0.05) is 18.3 Å². The van der Waals surface area contributed by atoms with Crippen LogP contribution in [0.5, 0.6) is 0 Å². The van der Waals surface area contributed by atoms with Crippen molar-refractivity contribution in [2.24, 2.45) is 0 Å². The average Bonchev–Trinajstić information content (AvgIpc) is 2.39. The summed E-state index contributed by atoms with van der Waals surface area (Å²) in [5.41, 5.74) is 2.95. The Hall–Kier alpha value is -2.43. The van der Waals surface area contributed by atoms with E-state index in [2.05, 4.69) is 10.3 Å². The van der Waals surface area contributed by atoms with Crippen LogP contribution in [0, 0.1) is 24.0 Å². The summed E-state index contributed by atoms with van der Waals surface area (Å²) in [5.74, 6) is 0.512. The van der Waals surface area contributed by atoms with Crippen LogP contribution >= 0.6 is 0 Å². The molecule has 2 aromatic rings. The van der Waals surface area contributed by atoms with Crippen LogP contribution in [0.2, 0.25) is 0 Å². The zero-order valence-corrected chi connectivity index (χ0v) is 10.9. The summed E-state index contributed by atoms with van der Waals surface area (Å²) in [6, 6.07) is 9.56. The normalized spacial score (nSPS) is 10.2. The second-order valence-electron chi connectivity index (χ2n) is 4.45. The van der Waals surface area contributed by atoms with Gasteiger partial charge in [0.15, 0.2) is 0 Å². The highest BCUT2D eigenvalue weighted by molar-refractivity contribution is 5.49. The van der Waals surface area contributed by atoms with Gasteiger partial charge in [-0.3, -0.25) is 10.1 Å². The molecule has 0 fully saturated rings. The molecule has 1 heterocycles. The van der Waals surface area contributed by atoms with E-state index in [9.17, 15) is 10.1 Å². The van der Waals surface area contributed by atoms with Crippen molar-refractivity contribution >= 4 is 11.5 Å². The fourth-order valence-electron chi connectivity index (χ4n) is 1.71. The Labute approximate surface area is 111 Å². The molecule has 2 rings (SSSR count). The zero-order chi connectivity index (χ0) is 13.8. The van der Waals surface area contributed by atoms with Crippen LogP contribution in [-0.2, 0) is 6.54 Å². The maximum atomic E-state index is 10.8. The maximum Gasteiger partial charge on any atom is 0.277 e. The van der Waals surface area contributed by atoms with Crippen molar-refractivity contribution in [1.82, 2.24) is 4.98 Å². The van der Waals surface area contributed by atoms with Crippen molar-refractivity contribution < 1.29 is 4.92 Å². The molecule has 19 heavy (non-hydrogen) atoms. The number of nitrogens with zero attached hydrogens (tertiary/aromatic N) is 2. The van der Waals surface area contributed by atoms with Crippen molar-refractivity contribution in [1.29, 1.82) is 0 Å². The van der Waals surface area contributed by atoms with E-state index >= 15 is 0 Å². The summed E-state index contributed by atoms with van der Waals surface area (Å²) >= 11 is 0. The van der Waals surface area contributed by atoms with Crippen LogP contribution in [-0.4, -0.2) is 9.91 Å². The van der Waals surface area contributed by atoms with E-state index in [1.54, 1.807) is 6.92 Å². The third-order valence-electron chi connectivity index (χ3n) is 2.87. The Bertz CT molecular complexity index is 594. The molecule has 98 valence electrons. The number of nitro groups is 1. The van der Waals surface area contributed by atoms with Crippen molar-refractivity contribution in [3.63, 3.8) is 0 Å². The quantitative estimate of drug-likeness (QED) is 0.674. The SMILES string of the molecule is Cc1ccc(CNc2cc([N+](=O)[O-])c(C)cn2)cc1. The minimum Gasteiger partial charge on any atom is -0.366 e. The van der Waals surface area contributed by atoms with Gasteiger partial charge in [0.25, 0.3) is 5.69 Å². The number of hydrogen-bond acceptors (Lipinski definition) is 4. The highest BCUT2D eigenvalue weighted by Gasteiger charge is 2.11. The van der Waals surface area contributed by atoms with Gasteiger partial charge in [-0.2, -0.15) is 0 Å². The Morgan fingerprint density at radius 2 is 1.95 bits per heavy atom. The van der Waals surface area contributed by atoms with Crippen molar-refractivity contribution in [3.05, 3.63) is 63.3 Å². The van der Waals surface area contributed by atoms with E-state index in [0.717, 1.165) is 5.56 Å². The number of rotatable bonds is 4. The van der Waals surface area contributed by atoms with Crippen LogP contribution < -0.4 is 5.32 Å². The van der Waals surface area contributed by atoms with Crippen LogP contribution in [0.1, 0.15) is 16.7 Å². The predicted octanol–water partition coefficient (Wildman–Crippen LogP) is 3.22. The van der Waals surface area contributed by atoms with Gasteiger partial charge in [-0.1, -0.05) is 29.8 Å². The van der Waals surface area contributed by atoms with E-state index in [4.69, 9.17) is 0 Å². The molecule has 0 amide bonds. The summed E-state index contributed by atoms with van der Waals surface area (Å²) in [6.07, 6.45) is 1.51. The molecule has 5 heteroatoms. The number of nitrogens with one attached hydrogen (secondary N) is 1. The van der Waals surface area contributed by atoms with Gasteiger partial charge >= 0.3 is 0 Å². The third-order valence-corrected chi connectivity index (χ3v) is 2.87. The predicted molar refractivity (Wildman–Crippen MR) is 74.1 cm³/mol. The smallest absolute Gasteiger partial charge is 0.277 e. The van der Waals surface area contributed by atoms with Gasteiger partial charge in [-0.25, -0.2) is 4.98 Å². The first-order chi connectivity index (χ1) is 9.06. The summed E-state index contributed by atoms with van der Waals surface area (Å²) in [4.78, 5) is 14.6. The maximum absolute atomic E-state index is 10.8. The lowest BCUT2D eigenvalue weighted by molar-refractivity contribution is -0.385. The molecule has 1 aromatic carbocycles. The van der Waals surface area contributed by atoms with E-state index < -0.39 is 4.92 Å². The molecule has 0 aliphatic rings. The van der Waals surface area contributed by atoms with Gasteiger partial charge in [0.05, 0.1) is 11.0 Å². The molecule has 5 nitrogen and oxygen atoms in total. The second-order valence-corrected chi connectivity index (χ2v) is 4.45. The molecule has 0 saturated heterocycles. The van der Waals surface area contributed by atoms with Crippen molar-refractivity contribution in [3.8, 4) is 0 Å². The van der Waals surface area contributed by atoms with Crippen LogP contribution in [0.3, 0.4) is 0 Å². The number of hydrogen-bond donors (Lipinski definition) is 1. The fourth-order valence-corrected chi connectivity index (χ4v) is 1.71. The molecule has 0 spiro atoms. The second kappa shape index (κ2) is 5.48. The van der Waals surface area contributed by atoms with E-state index in [0.29, 0.717) is 17.9 Å². The Morgan fingerprint density at radius 1 is 1.26 bits per heavy atom. The molecule has 0 atom stereocenters. The molecule has 0 saturated carbocycles. The lowest BCUT2D eigenvalue weighted by Crippen LogP contribution is -2.03. The van der Waals surface area contributed by atoms with E-state index in [-0.39, 0.29) is 5.69 Å². The van der Waals surface area contributed by atoms with Gasteiger partial charge in [-0.15, -0.1) is 0 Å². The minimum absolute atomic E-state index is 0.0846. The lowest BCUT2D eigenvalue weighted by atomic mass is 10.1. The molecular weight excluding hydrogens is 242 g/mol. The molecule has 1 aromatic heterocycles. The monoisotopic (exact) mass is 257 g/mol. The van der Waals surface area contributed by atoms with Crippen molar-refractivity contribution in [2.45, 2.75) is 20.4 Å². The summed E-state index contributed by atoms with van der Waals surface area (Å²) in [5, 5.41) is 13.9. The lowest BCUT2D eigenvalue weighted by Gasteiger charge is -2.06. The fraction of sp³-hybridized carbons (Fsp3) is 0.214. The largest absolute Gasteiger partial charge is 0.366 e. The number of pyridine rings is 1. The van der Waals surface area contributed by atoms with E-state index in [1.165, 1.54) is 17.8 Å². The molecule has 0 aliphatic heterocycles. The first kappa shape index (κ1) is 13.0. The zero-order valence-electron chi connectivity index (χ0n) is 10.9. The van der Waals surface area contributed by atoms with Crippen LogP contribution in [0.4, 0.5) is 11.5 Å². The number of aromatic nitrogens is 1. The first-order valence-corrected chi connectivity index (χ1v) is 5.97. The Morgan fingerprint density at radius 3 is 2.58 bits per heavy atom. The Kier molecular flexibility index (Phi) is 3.75. The van der Waals surface area contributed by atoms with Gasteiger partial charge in [-0.05, 0) is 19.4 Å². The minimum atomic E-state index is -0.395. The number of anilines is 1. The highest BCUT2D eigenvalue weighted by atomic mass is 16.6. The summed E-state index contributed by atoms with van der Waals surface area (Å²) in [7, 11) is 0. The first-order valence-electron chi connectivity index (χ1n) is 5.97. The molecule has 0 radical (unpaired) electrons. The number of benzene rings is 1. The van der Waals surface area contributed by atoms with E-state index in [1.807, 2.05) is 31.2 Å². The molecule has 0 unspecified atom stereocenters. The van der Waals surface area contributed by atoms with Crippen molar-refractivity contribution in [2.75, 3.05) is 5.32 Å². The Balaban J connectivity index is 2.09. The van der Waals surface area contributed by atoms with Crippen LogP contribution in [0.15, 0.2) is 36.5 Å². The topological polar surface area (TPSA) is 68.1 Å². The molecule has 0 bridgehead atoms. The number of aryl methyl sites for hydroxylation is 2. The standard InChI is InChI=1S/C14H15N3O2/c1-10-3-5-12(6-4-10)9-16-14-7-13(17(18)19)11(2)8-15-14/h3-8H,9H2,1-2H3,(H,15,16). The highest BCUT2D eigenvalue weighted by Crippen LogP contribution is 2.20. The van der Waals surface area contributed by atoms with Gasteiger partial charge in [0.2, 0.25) is 0 Å². The third kappa shape index (κ3) is 3.28. The molecular formula is C14H15N3O2.